The molecule has 358 valence electrons. The average Bonchev–Trinajstić information content (AvgIpc) is 4.07. The largest absolute Gasteiger partial charge is 0.455 e. The molecule has 0 amide bonds. The number of hydrogen-bond acceptors (Lipinski definition) is 3. The molecule has 76 heavy (non-hydrogen) atoms. The smallest absolute Gasteiger partial charge is 0.145 e. The standard InChI is InChI=1S/C72H49N3O/c1-6-22-50(23-7-1)52-38-42-58(43-39-52)73(59-44-40-53(41-45-59)51-24-8-2-9-25-51)60-46-55(47-61(48-60)74(56-28-12-4-13-29-56)67-35-19-16-32-62(67)54-26-10-3-11-27-54)65-49-66-63-33-17-20-36-68(63)75(57-30-14-5-15-31-57)71(66)70-64-34-18-21-37-69(64)76-72(65)70/h1-49H. The van der Waals surface area contributed by atoms with Crippen molar-refractivity contribution in [2.75, 3.05) is 9.80 Å². The Kier molecular flexibility index (Phi) is 11.2. The van der Waals surface area contributed by atoms with Crippen LogP contribution in [0.1, 0.15) is 0 Å². The number of benzene rings is 12. The fraction of sp³-hybridized carbons (Fsp3) is 0. The van der Waals surface area contributed by atoms with Crippen LogP contribution in [0.3, 0.4) is 0 Å². The number of furan rings is 1. The van der Waals surface area contributed by atoms with Gasteiger partial charge in [-0.25, -0.2) is 0 Å². The molecule has 0 aliphatic carbocycles. The number of fused-ring (bicyclic) bond motifs is 7. The summed E-state index contributed by atoms with van der Waals surface area (Å²) in [6.07, 6.45) is 0. The zero-order valence-electron chi connectivity index (χ0n) is 41.5. The second kappa shape index (κ2) is 19.0. The lowest BCUT2D eigenvalue weighted by Crippen LogP contribution is -2.14. The maximum atomic E-state index is 7.22. The zero-order chi connectivity index (χ0) is 50.4. The van der Waals surface area contributed by atoms with Gasteiger partial charge in [0.25, 0.3) is 0 Å². The Morgan fingerprint density at radius 3 is 1.39 bits per heavy atom. The van der Waals surface area contributed by atoms with Crippen LogP contribution in [0.5, 0.6) is 0 Å². The van der Waals surface area contributed by atoms with Crippen molar-refractivity contribution in [3.63, 3.8) is 0 Å². The Bertz CT molecular complexity index is 4280. The van der Waals surface area contributed by atoms with Crippen molar-refractivity contribution in [1.29, 1.82) is 0 Å². The van der Waals surface area contributed by atoms with Crippen LogP contribution in [0.15, 0.2) is 302 Å². The van der Waals surface area contributed by atoms with E-state index < -0.39 is 0 Å². The van der Waals surface area contributed by atoms with E-state index in [2.05, 4.69) is 312 Å². The zero-order valence-corrected chi connectivity index (χ0v) is 41.5. The van der Waals surface area contributed by atoms with Crippen LogP contribution in [-0.4, -0.2) is 4.57 Å². The van der Waals surface area contributed by atoms with Crippen LogP contribution < -0.4 is 9.80 Å². The third kappa shape index (κ3) is 7.88. The van der Waals surface area contributed by atoms with E-state index in [1.165, 1.54) is 16.5 Å². The van der Waals surface area contributed by atoms with E-state index in [9.17, 15) is 0 Å². The van der Waals surface area contributed by atoms with Gasteiger partial charge in [-0.15, -0.1) is 0 Å². The van der Waals surface area contributed by atoms with Crippen LogP contribution in [0.4, 0.5) is 34.1 Å². The molecule has 0 spiro atoms. The third-order valence-electron chi connectivity index (χ3n) is 14.7. The second-order valence-electron chi connectivity index (χ2n) is 19.3. The molecule has 0 radical (unpaired) electrons. The second-order valence-corrected chi connectivity index (χ2v) is 19.3. The molecule has 14 aromatic rings. The molecule has 12 aromatic carbocycles. The summed E-state index contributed by atoms with van der Waals surface area (Å²) in [5.41, 5.74) is 20.1. The van der Waals surface area contributed by atoms with E-state index in [1.807, 2.05) is 0 Å². The molecule has 0 aliphatic rings. The van der Waals surface area contributed by atoms with Crippen LogP contribution in [-0.2, 0) is 0 Å². The van der Waals surface area contributed by atoms with E-state index in [4.69, 9.17) is 4.42 Å². The lowest BCUT2D eigenvalue weighted by molar-refractivity contribution is 0.670. The number of aromatic nitrogens is 1. The summed E-state index contributed by atoms with van der Waals surface area (Å²) in [6, 6.07) is 107. The summed E-state index contributed by atoms with van der Waals surface area (Å²) >= 11 is 0. The maximum absolute atomic E-state index is 7.22. The van der Waals surface area contributed by atoms with E-state index in [0.717, 1.165) is 112 Å². The molecule has 0 unspecified atom stereocenters. The monoisotopic (exact) mass is 971 g/mol. The van der Waals surface area contributed by atoms with Crippen molar-refractivity contribution in [2.45, 2.75) is 0 Å². The molecule has 4 heteroatoms. The number of nitrogens with zero attached hydrogens (tertiary/aromatic N) is 3. The molecule has 0 N–H and O–H groups in total. The first-order chi connectivity index (χ1) is 37.7. The van der Waals surface area contributed by atoms with Gasteiger partial charge in [0.05, 0.1) is 22.1 Å². The minimum absolute atomic E-state index is 0.832. The molecule has 4 nitrogen and oxygen atoms in total. The quantitative estimate of drug-likeness (QED) is 0.129. The fourth-order valence-electron chi connectivity index (χ4n) is 11.3. The van der Waals surface area contributed by atoms with Gasteiger partial charge in [-0.05, 0) is 124 Å². The topological polar surface area (TPSA) is 24.6 Å². The Morgan fingerprint density at radius 2 is 0.763 bits per heavy atom. The molecule has 2 heterocycles. The third-order valence-corrected chi connectivity index (χ3v) is 14.7. The highest BCUT2D eigenvalue weighted by Gasteiger charge is 2.26. The highest BCUT2D eigenvalue weighted by atomic mass is 16.3. The lowest BCUT2D eigenvalue weighted by Gasteiger charge is -2.31. The van der Waals surface area contributed by atoms with Crippen molar-refractivity contribution in [3.8, 4) is 50.2 Å². The van der Waals surface area contributed by atoms with Gasteiger partial charge in [-0.2, -0.15) is 0 Å². The summed E-state index contributed by atoms with van der Waals surface area (Å²) in [4.78, 5) is 4.82. The summed E-state index contributed by atoms with van der Waals surface area (Å²) in [7, 11) is 0. The van der Waals surface area contributed by atoms with Crippen LogP contribution in [0, 0.1) is 0 Å². The molecular formula is C72H49N3O. The van der Waals surface area contributed by atoms with E-state index >= 15 is 0 Å². The van der Waals surface area contributed by atoms with Crippen molar-refractivity contribution >= 4 is 77.9 Å². The SMILES string of the molecule is c1ccc(-c2ccc(N(c3ccc(-c4ccccc4)cc3)c3cc(-c4cc5c6ccccc6n(-c6ccccc6)c5c5c4oc4ccccc45)cc(N(c4ccccc4)c4ccccc4-c4ccccc4)c3)cc2)cc1. The number of anilines is 6. The highest BCUT2D eigenvalue weighted by Crippen LogP contribution is 2.50. The minimum Gasteiger partial charge on any atom is -0.455 e. The molecule has 0 bridgehead atoms. The van der Waals surface area contributed by atoms with Crippen molar-refractivity contribution in [3.05, 3.63) is 297 Å². The average molecular weight is 972 g/mol. The molecule has 0 atom stereocenters. The molecule has 2 aromatic heterocycles. The lowest BCUT2D eigenvalue weighted by atomic mass is 9.96. The molecule has 0 aliphatic heterocycles. The van der Waals surface area contributed by atoms with Gasteiger partial charge in [-0.1, -0.05) is 206 Å². The Hall–Kier alpha value is -10.2. The number of hydrogen-bond donors (Lipinski definition) is 0. The molecule has 0 fully saturated rings. The van der Waals surface area contributed by atoms with Crippen molar-refractivity contribution in [1.82, 2.24) is 4.57 Å². The number of para-hydroxylation sites is 5. The van der Waals surface area contributed by atoms with Gasteiger partial charge in [0, 0.05) is 61.4 Å². The summed E-state index contributed by atoms with van der Waals surface area (Å²) < 4.78 is 9.63. The first kappa shape index (κ1) is 44.5. The summed E-state index contributed by atoms with van der Waals surface area (Å²) in [6.45, 7) is 0. The molecular weight excluding hydrogens is 923 g/mol. The Labute approximate surface area is 441 Å². The van der Waals surface area contributed by atoms with Crippen LogP contribution in [0.2, 0.25) is 0 Å². The molecule has 0 saturated carbocycles. The predicted molar refractivity (Wildman–Crippen MR) is 319 cm³/mol. The summed E-state index contributed by atoms with van der Waals surface area (Å²) in [5.74, 6) is 0. The minimum atomic E-state index is 0.832. The van der Waals surface area contributed by atoms with Gasteiger partial charge in [0.1, 0.15) is 11.2 Å². The van der Waals surface area contributed by atoms with Gasteiger partial charge in [0.15, 0.2) is 0 Å². The number of rotatable bonds is 11. The highest BCUT2D eigenvalue weighted by molar-refractivity contribution is 6.27. The van der Waals surface area contributed by atoms with Crippen LogP contribution >= 0.6 is 0 Å². The Balaban J connectivity index is 1.08. The Morgan fingerprint density at radius 1 is 0.289 bits per heavy atom. The van der Waals surface area contributed by atoms with Gasteiger partial charge in [-0.3, -0.25) is 0 Å². The van der Waals surface area contributed by atoms with Crippen molar-refractivity contribution in [2.24, 2.45) is 0 Å². The van der Waals surface area contributed by atoms with Gasteiger partial charge < -0.3 is 18.8 Å². The first-order valence-corrected chi connectivity index (χ1v) is 25.9. The van der Waals surface area contributed by atoms with Crippen LogP contribution in [0.25, 0.3) is 93.9 Å². The fourth-order valence-corrected chi connectivity index (χ4v) is 11.3. The first-order valence-electron chi connectivity index (χ1n) is 25.9. The van der Waals surface area contributed by atoms with E-state index in [0.29, 0.717) is 0 Å². The summed E-state index contributed by atoms with van der Waals surface area (Å²) in [5, 5.41) is 4.48. The molecule has 14 rings (SSSR count). The normalized spacial score (nSPS) is 11.4. The molecule has 0 saturated heterocycles. The maximum Gasteiger partial charge on any atom is 0.145 e. The van der Waals surface area contributed by atoms with E-state index in [1.54, 1.807) is 0 Å². The van der Waals surface area contributed by atoms with Gasteiger partial charge in [0.2, 0.25) is 0 Å². The predicted octanol–water partition coefficient (Wildman–Crippen LogP) is 20.3. The van der Waals surface area contributed by atoms with Gasteiger partial charge >= 0.3 is 0 Å². The van der Waals surface area contributed by atoms with Crippen molar-refractivity contribution < 1.29 is 4.42 Å². The van der Waals surface area contributed by atoms with E-state index in [-0.39, 0.29) is 0 Å².